The molecule has 0 bridgehead atoms. The summed E-state index contributed by atoms with van der Waals surface area (Å²) < 4.78 is 0. The molecule has 20 heavy (non-hydrogen) atoms. The topological polar surface area (TPSA) is 82.5 Å². The quantitative estimate of drug-likeness (QED) is 0.820. The Morgan fingerprint density at radius 3 is 2.65 bits per heavy atom. The molecule has 1 aromatic heterocycles. The van der Waals surface area contributed by atoms with E-state index in [0.29, 0.717) is 23.8 Å². The fourth-order valence-electron chi connectivity index (χ4n) is 1.70. The smallest absolute Gasteiger partial charge is 0.339 e. The Bertz CT molecular complexity index is 500. The Kier molecular flexibility index (Phi) is 5.49. The highest BCUT2D eigenvalue weighted by Gasteiger charge is 2.16. The molecule has 0 aliphatic carbocycles. The number of nitrogens with one attached hydrogen (secondary N) is 1. The molecule has 6 nitrogen and oxygen atoms in total. The Morgan fingerprint density at radius 2 is 2.10 bits per heavy atom. The summed E-state index contributed by atoms with van der Waals surface area (Å²) in [5, 5.41) is 12.0. The first-order chi connectivity index (χ1) is 9.31. The molecule has 0 saturated heterocycles. The van der Waals surface area contributed by atoms with E-state index in [2.05, 4.69) is 10.3 Å². The monoisotopic (exact) mass is 279 g/mol. The summed E-state index contributed by atoms with van der Waals surface area (Å²) >= 11 is 0. The maximum atomic E-state index is 11.8. The van der Waals surface area contributed by atoms with Crippen LogP contribution >= 0.6 is 0 Å². The van der Waals surface area contributed by atoms with E-state index in [1.807, 2.05) is 13.8 Å². The zero-order chi connectivity index (χ0) is 15.3. The van der Waals surface area contributed by atoms with Crippen LogP contribution in [-0.4, -0.2) is 42.1 Å². The van der Waals surface area contributed by atoms with Gasteiger partial charge in [-0.1, -0.05) is 13.8 Å². The van der Waals surface area contributed by atoms with Gasteiger partial charge in [0, 0.05) is 25.5 Å². The summed E-state index contributed by atoms with van der Waals surface area (Å²) in [7, 11) is 1.69. The van der Waals surface area contributed by atoms with Crippen LogP contribution in [0.2, 0.25) is 0 Å². The number of rotatable bonds is 6. The summed E-state index contributed by atoms with van der Waals surface area (Å²) in [5.41, 5.74) is 1.29. The van der Waals surface area contributed by atoms with Gasteiger partial charge in [0.25, 0.3) is 0 Å². The lowest BCUT2D eigenvalue weighted by Gasteiger charge is -2.21. The number of carboxylic acids is 1. The zero-order valence-corrected chi connectivity index (χ0v) is 12.3. The molecule has 0 fully saturated rings. The third-order valence-electron chi connectivity index (χ3n) is 2.75. The van der Waals surface area contributed by atoms with Crippen molar-refractivity contribution in [3.8, 4) is 0 Å². The number of carbonyl (C=O) groups is 2. The SMILES string of the molecule is Cc1cc(N(C)CC(=O)NCC(C)C)c(C(=O)O)cn1. The molecular weight excluding hydrogens is 258 g/mol. The lowest BCUT2D eigenvalue weighted by atomic mass is 10.2. The van der Waals surface area contributed by atoms with Gasteiger partial charge >= 0.3 is 5.97 Å². The number of hydrogen-bond donors (Lipinski definition) is 2. The Hall–Kier alpha value is -2.11. The first kappa shape index (κ1) is 15.9. The number of pyridine rings is 1. The first-order valence-corrected chi connectivity index (χ1v) is 6.49. The third kappa shape index (κ3) is 4.53. The molecule has 0 aliphatic heterocycles. The van der Waals surface area contributed by atoms with Crippen LogP contribution < -0.4 is 10.2 Å². The molecule has 1 heterocycles. The van der Waals surface area contributed by atoms with Gasteiger partial charge in [0.05, 0.1) is 12.2 Å². The normalized spacial score (nSPS) is 10.4. The van der Waals surface area contributed by atoms with Gasteiger partial charge in [-0.3, -0.25) is 9.78 Å². The highest BCUT2D eigenvalue weighted by Crippen LogP contribution is 2.19. The number of amides is 1. The fraction of sp³-hybridized carbons (Fsp3) is 0.500. The standard InChI is InChI=1S/C14H21N3O3/c1-9(2)6-16-13(18)8-17(4)12-5-10(3)15-7-11(12)14(19)20/h5,7,9H,6,8H2,1-4H3,(H,16,18)(H,19,20). The molecular formula is C14H21N3O3. The number of likely N-dealkylation sites (N-methyl/N-ethyl adjacent to an activating group) is 1. The van der Waals surface area contributed by atoms with Gasteiger partial charge in [0.1, 0.15) is 5.56 Å². The Balaban J connectivity index is 2.81. The molecule has 6 heteroatoms. The molecule has 1 aromatic rings. The molecule has 0 aliphatic rings. The highest BCUT2D eigenvalue weighted by molar-refractivity contribution is 5.95. The summed E-state index contributed by atoms with van der Waals surface area (Å²) in [5.74, 6) is -0.809. The van der Waals surface area contributed by atoms with E-state index in [1.165, 1.54) is 6.20 Å². The second kappa shape index (κ2) is 6.88. The molecule has 1 amide bonds. The maximum absolute atomic E-state index is 11.8. The van der Waals surface area contributed by atoms with E-state index in [1.54, 1.807) is 24.9 Å². The van der Waals surface area contributed by atoms with Crippen LogP contribution in [0.3, 0.4) is 0 Å². The van der Waals surface area contributed by atoms with Gasteiger partial charge in [-0.15, -0.1) is 0 Å². The van der Waals surface area contributed by atoms with Crippen LogP contribution in [0.25, 0.3) is 0 Å². The van der Waals surface area contributed by atoms with Gasteiger partial charge in [0.15, 0.2) is 0 Å². The minimum absolute atomic E-state index is 0.0924. The number of anilines is 1. The molecule has 110 valence electrons. The van der Waals surface area contributed by atoms with Crippen molar-refractivity contribution in [1.82, 2.24) is 10.3 Å². The first-order valence-electron chi connectivity index (χ1n) is 6.49. The minimum atomic E-state index is -1.05. The summed E-state index contributed by atoms with van der Waals surface area (Å²) in [6.45, 7) is 6.52. The van der Waals surface area contributed by atoms with E-state index in [0.717, 1.165) is 0 Å². The van der Waals surface area contributed by atoms with Crippen molar-refractivity contribution in [3.05, 3.63) is 23.5 Å². The summed E-state index contributed by atoms with van der Waals surface area (Å²) in [6.07, 6.45) is 1.32. The van der Waals surface area contributed by atoms with Gasteiger partial charge in [-0.25, -0.2) is 4.79 Å². The second-order valence-corrected chi connectivity index (χ2v) is 5.20. The molecule has 0 saturated carbocycles. The predicted octanol–water partition coefficient (Wildman–Crippen LogP) is 1.30. The van der Waals surface area contributed by atoms with Crippen molar-refractivity contribution in [2.45, 2.75) is 20.8 Å². The van der Waals surface area contributed by atoms with E-state index in [4.69, 9.17) is 5.11 Å². The summed E-state index contributed by atoms with van der Waals surface area (Å²) in [6, 6.07) is 1.67. The van der Waals surface area contributed by atoms with Crippen LogP contribution in [0, 0.1) is 12.8 Å². The number of nitrogens with zero attached hydrogens (tertiary/aromatic N) is 2. The van der Waals surface area contributed by atoms with Crippen molar-refractivity contribution in [2.75, 3.05) is 25.0 Å². The lowest BCUT2D eigenvalue weighted by molar-refractivity contribution is -0.119. The molecule has 0 atom stereocenters. The van der Waals surface area contributed by atoms with Crippen LogP contribution in [0.5, 0.6) is 0 Å². The van der Waals surface area contributed by atoms with Crippen LogP contribution in [-0.2, 0) is 4.79 Å². The van der Waals surface area contributed by atoms with E-state index >= 15 is 0 Å². The van der Waals surface area contributed by atoms with Gasteiger partial charge < -0.3 is 15.3 Å². The number of carboxylic acid groups (broad SMARTS) is 1. The highest BCUT2D eigenvalue weighted by atomic mass is 16.4. The molecule has 0 aromatic carbocycles. The number of aromatic carboxylic acids is 1. The van der Waals surface area contributed by atoms with Crippen molar-refractivity contribution in [1.29, 1.82) is 0 Å². The summed E-state index contributed by atoms with van der Waals surface area (Å²) in [4.78, 5) is 28.5. The molecule has 0 unspecified atom stereocenters. The molecule has 0 spiro atoms. The molecule has 1 rings (SSSR count). The third-order valence-corrected chi connectivity index (χ3v) is 2.75. The fourth-order valence-corrected chi connectivity index (χ4v) is 1.70. The lowest BCUT2D eigenvalue weighted by Crippen LogP contribution is -2.37. The molecule has 0 radical (unpaired) electrons. The van der Waals surface area contributed by atoms with Crippen LogP contribution in [0.15, 0.2) is 12.3 Å². The average molecular weight is 279 g/mol. The number of carbonyl (C=O) groups excluding carboxylic acids is 1. The predicted molar refractivity (Wildman–Crippen MR) is 77.1 cm³/mol. The zero-order valence-electron chi connectivity index (χ0n) is 12.3. The number of aryl methyl sites for hydroxylation is 1. The largest absolute Gasteiger partial charge is 0.478 e. The van der Waals surface area contributed by atoms with Gasteiger partial charge in [-0.05, 0) is 18.9 Å². The van der Waals surface area contributed by atoms with E-state index in [9.17, 15) is 9.59 Å². The van der Waals surface area contributed by atoms with Crippen molar-refractivity contribution in [2.24, 2.45) is 5.92 Å². The number of aromatic nitrogens is 1. The van der Waals surface area contributed by atoms with Crippen LogP contribution in [0.1, 0.15) is 29.9 Å². The van der Waals surface area contributed by atoms with E-state index < -0.39 is 5.97 Å². The van der Waals surface area contributed by atoms with E-state index in [-0.39, 0.29) is 18.0 Å². The van der Waals surface area contributed by atoms with Gasteiger partial charge in [-0.2, -0.15) is 0 Å². The Morgan fingerprint density at radius 1 is 1.45 bits per heavy atom. The maximum Gasteiger partial charge on any atom is 0.339 e. The number of hydrogen-bond acceptors (Lipinski definition) is 4. The van der Waals surface area contributed by atoms with Crippen molar-refractivity contribution in [3.63, 3.8) is 0 Å². The van der Waals surface area contributed by atoms with Crippen molar-refractivity contribution < 1.29 is 14.7 Å². The van der Waals surface area contributed by atoms with Crippen LogP contribution in [0.4, 0.5) is 5.69 Å². The van der Waals surface area contributed by atoms with Crippen molar-refractivity contribution >= 4 is 17.6 Å². The van der Waals surface area contributed by atoms with Gasteiger partial charge in [0.2, 0.25) is 5.91 Å². The second-order valence-electron chi connectivity index (χ2n) is 5.20. The Labute approximate surface area is 118 Å². The average Bonchev–Trinajstić information content (AvgIpc) is 2.35. The minimum Gasteiger partial charge on any atom is -0.478 e. The molecule has 2 N–H and O–H groups in total.